The quantitative estimate of drug-likeness (QED) is 0.893. The molecule has 1 unspecified atom stereocenters. The molecule has 18 heavy (non-hydrogen) atoms. The fourth-order valence-electron chi connectivity index (χ4n) is 2.33. The Morgan fingerprint density at radius 2 is 2.06 bits per heavy atom. The van der Waals surface area contributed by atoms with Crippen LogP contribution in [0.1, 0.15) is 35.7 Å². The molecule has 0 fully saturated rings. The molecule has 0 aliphatic rings. The molecular weight excluding hydrogens is 226 g/mol. The van der Waals surface area contributed by atoms with Crippen molar-refractivity contribution >= 4 is 0 Å². The SMILES string of the molecule is Cc1nn(C)c(C)c1C(C)NCc1nccn1C. The van der Waals surface area contributed by atoms with Crippen LogP contribution in [-0.4, -0.2) is 19.3 Å². The Bertz CT molecular complexity index is 538. The molecule has 0 saturated heterocycles. The Hall–Kier alpha value is -1.62. The van der Waals surface area contributed by atoms with Crippen molar-refractivity contribution < 1.29 is 0 Å². The fraction of sp³-hybridized carbons (Fsp3) is 0.538. The van der Waals surface area contributed by atoms with Crippen LogP contribution in [0.4, 0.5) is 0 Å². The molecule has 2 aromatic rings. The van der Waals surface area contributed by atoms with E-state index in [-0.39, 0.29) is 6.04 Å². The standard InChI is InChI=1S/C13H21N5/c1-9(13-10(2)16-18(5)11(13)3)15-8-12-14-6-7-17(12)4/h6-7,9,15H,8H2,1-5H3. The molecule has 0 radical (unpaired) electrons. The third-order valence-electron chi connectivity index (χ3n) is 3.49. The number of rotatable bonds is 4. The van der Waals surface area contributed by atoms with Crippen molar-refractivity contribution in [1.29, 1.82) is 0 Å². The molecule has 0 amide bonds. The first-order chi connectivity index (χ1) is 8.50. The average Bonchev–Trinajstić information content (AvgIpc) is 2.81. The first-order valence-corrected chi connectivity index (χ1v) is 6.20. The summed E-state index contributed by atoms with van der Waals surface area (Å²) in [4.78, 5) is 4.31. The van der Waals surface area contributed by atoms with Crippen LogP contribution in [-0.2, 0) is 20.6 Å². The van der Waals surface area contributed by atoms with Gasteiger partial charge in [0.05, 0.1) is 12.2 Å². The highest BCUT2D eigenvalue weighted by Gasteiger charge is 2.16. The van der Waals surface area contributed by atoms with Crippen LogP contribution in [0.3, 0.4) is 0 Å². The Labute approximate surface area is 108 Å². The van der Waals surface area contributed by atoms with Gasteiger partial charge < -0.3 is 9.88 Å². The third-order valence-corrected chi connectivity index (χ3v) is 3.49. The van der Waals surface area contributed by atoms with Crippen molar-refractivity contribution in [3.05, 3.63) is 35.2 Å². The van der Waals surface area contributed by atoms with E-state index in [4.69, 9.17) is 0 Å². The highest BCUT2D eigenvalue weighted by Crippen LogP contribution is 2.20. The van der Waals surface area contributed by atoms with E-state index in [0.717, 1.165) is 18.1 Å². The summed E-state index contributed by atoms with van der Waals surface area (Å²) in [7, 11) is 3.99. The van der Waals surface area contributed by atoms with Gasteiger partial charge in [0.2, 0.25) is 0 Å². The summed E-state index contributed by atoms with van der Waals surface area (Å²) in [5.74, 6) is 1.04. The molecular formula is C13H21N5. The van der Waals surface area contributed by atoms with Crippen LogP contribution < -0.4 is 5.32 Å². The molecule has 5 nitrogen and oxygen atoms in total. The zero-order chi connectivity index (χ0) is 13.3. The molecule has 0 aliphatic carbocycles. The van der Waals surface area contributed by atoms with Crippen molar-refractivity contribution in [3.63, 3.8) is 0 Å². The summed E-state index contributed by atoms with van der Waals surface area (Å²) < 4.78 is 3.96. The van der Waals surface area contributed by atoms with E-state index in [9.17, 15) is 0 Å². The van der Waals surface area contributed by atoms with Gasteiger partial charge in [0.15, 0.2) is 0 Å². The second-order valence-electron chi connectivity index (χ2n) is 4.77. The first-order valence-electron chi connectivity index (χ1n) is 6.20. The molecule has 2 heterocycles. The van der Waals surface area contributed by atoms with Gasteiger partial charge in [0.25, 0.3) is 0 Å². The molecule has 5 heteroatoms. The van der Waals surface area contributed by atoms with Gasteiger partial charge in [-0.05, 0) is 20.8 Å². The minimum Gasteiger partial charge on any atom is -0.337 e. The lowest BCUT2D eigenvalue weighted by atomic mass is 10.1. The van der Waals surface area contributed by atoms with E-state index >= 15 is 0 Å². The molecule has 1 N–H and O–H groups in total. The number of aromatic nitrogens is 4. The summed E-state index contributed by atoms with van der Waals surface area (Å²) in [6.45, 7) is 7.09. The molecule has 0 spiro atoms. The van der Waals surface area contributed by atoms with Gasteiger partial charge in [0.1, 0.15) is 5.82 Å². The normalized spacial score (nSPS) is 12.9. The van der Waals surface area contributed by atoms with Crippen LogP contribution in [0.15, 0.2) is 12.4 Å². The minimum absolute atomic E-state index is 0.274. The van der Waals surface area contributed by atoms with E-state index in [0.29, 0.717) is 0 Å². The maximum absolute atomic E-state index is 4.45. The van der Waals surface area contributed by atoms with Gasteiger partial charge in [0, 0.05) is 43.8 Å². The largest absolute Gasteiger partial charge is 0.337 e. The van der Waals surface area contributed by atoms with E-state index in [1.807, 2.05) is 35.7 Å². The molecule has 0 saturated carbocycles. The number of nitrogens with zero attached hydrogens (tertiary/aromatic N) is 4. The van der Waals surface area contributed by atoms with Gasteiger partial charge in [-0.1, -0.05) is 0 Å². The van der Waals surface area contributed by atoms with Crippen LogP contribution in [0.25, 0.3) is 0 Å². The van der Waals surface area contributed by atoms with E-state index in [1.54, 1.807) is 0 Å². The maximum atomic E-state index is 4.45. The van der Waals surface area contributed by atoms with Gasteiger partial charge in [-0.2, -0.15) is 5.10 Å². The van der Waals surface area contributed by atoms with Crippen LogP contribution in [0, 0.1) is 13.8 Å². The number of imidazole rings is 1. The van der Waals surface area contributed by atoms with Gasteiger partial charge in [-0.15, -0.1) is 0 Å². The van der Waals surface area contributed by atoms with Crippen molar-refractivity contribution in [2.45, 2.75) is 33.4 Å². The fourth-order valence-corrected chi connectivity index (χ4v) is 2.33. The highest BCUT2D eigenvalue weighted by atomic mass is 15.3. The summed E-state index contributed by atoms with van der Waals surface area (Å²) in [5.41, 5.74) is 3.59. The third kappa shape index (κ3) is 2.31. The Morgan fingerprint density at radius 1 is 1.33 bits per heavy atom. The molecule has 2 aromatic heterocycles. The summed E-state index contributed by atoms with van der Waals surface area (Å²) >= 11 is 0. The molecule has 0 bridgehead atoms. The molecule has 98 valence electrons. The summed E-state index contributed by atoms with van der Waals surface area (Å²) in [6.07, 6.45) is 3.78. The van der Waals surface area contributed by atoms with Crippen molar-refractivity contribution in [2.75, 3.05) is 0 Å². The lowest BCUT2D eigenvalue weighted by molar-refractivity contribution is 0.544. The number of hydrogen-bond donors (Lipinski definition) is 1. The second-order valence-corrected chi connectivity index (χ2v) is 4.77. The molecule has 2 rings (SSSR count). The predicted octanol–water partition coefficient (Wildman–Crippen LogP) is 1.62. The summed E-state index contributed by atoms with van der Waals surface area (Å²) in [5, 5.41) is 7.95. The minimum atomic E-state index is 0.274. The molecule has 0 aliphatic heterocycles. The van der Waals surface area contributed by atoms with Gasteiger partial charge in [-0.25, -0.2) is 4.98 Å². The van der Waals surface area contributed by atoms with E-state index in [2.05, 4.69) is 36.2 Å². The maximum Gasteiger partial charge on any atom is 0.122 e. The van der Waals surface area contributed by atoms with Gasteiger partial charge >= 0.3 is 0 Å². The molecule has 0 aromatic carbocycles. The van der Waals surface area contributed by atoms with Gasteiger partial charge in [-0.3, -0.25) is 4.68 Å². The van der Waals surface area contributed by atoms with Crippen molar-refractivity contribution in [2.24, 2.45) is 14.1 Å². The number of hydrogen-bond acceptors (Lipinski definition) is 3. The van der Waals surface area contributed by atoms with Crippen LogP contribution >= 0.6 is 0 Å². The van der Waals surface area contributed by atoms with Crippen LogP contribution in [0.2, 0.25) is 0 Å². The van der Waals surface area contributed by atoms with Crippen LogP contribution in [0.5, 0.6) is 0 Å². The highest BCUT2D eigenvalue weighted by molar-refractivity contribution is 5.27. The van der Waals surface area contributed by atoms with Crippen molar-refractivity contribution in [3.8, 4) is 0 Å². The smallest absolute Gasteiger partial charge is 0.122 e. The monoisotopic (exact) mass is 247 g/mol. The van der Waals surface area contributed by atoms with Crippen molar-refractivity contribution in [1.82, 2.24) is 24.6 Å². The Kier molecular flexibility index (Phi) is 3.52. The average molecular weight is 247 g/mol. The summed E-state index contributed by atoms with van der Waals surface area (Å²) in [6, 6.07) is 0.274. The first kappa shape index (κ1) is 12.8. The topological polar surface area (TPSA) is 47.7 Å². The Balaban J connectivity index is 2.08. The molecule has 1 atom stereocenters. The van der Waals surface area contributed by atoms with E-state index in [1.165, 1.54) is 11.3 Å². The zero-order valence-electron chi connectivity index (χ0n) is 11.7. The lowest BCUT2D eigenvalue weighted by Gasteiger charge is -2.14. The Morgan fingerprint density at radius 3 is 2.56 bits per heavy atom. The lowest BCUT2D eigenvalue weighted by Crippen LogP contribution is -2.21. The predicted molar refractivity (Wildman–Crippen MR) is 71.1 cm³/mol. The number of aryl methyl sites for hydroxylation is 3. The van der Waals surface area contributed by atoms with E-state index < -0.39 is 0 Å². The second kappa shape index (κ2) is 4.94. The zero-order valence-corrected chi connectivity index (χ0v) is 11.7. The number of nitrogens with one attached hydrogen (secondary N) is 1.